The van der Waals surface area contributed by atoms with Gasteiger partial charge in [0, 0.05) is 11.3 Å². The molecule has 0 saturated heterocycles. The summed E-state index contributed by atoms with van der Waals surface area (Å²) in [6.45, 7) is 8.79. The Balaban J connectivity index is 3.14. The van der Waals surface area contributed by atoms with Gasteiger partial charge in [-0.2, -0.15) is 0 Å². The fourth-order valence-corrected chi connectivity index (χ4v) is 1.70. The lowest BCUT2D eigenvalue weighted by Crippen LogP contribution is -2.34. The summed E-state index contributed by atoms with van der Waals surface area (Å²) in [6, 6.07) is 0. The smallest absolute Gasteiger partial charge is 0.323 e. The summed E-state index contributed by atoms with van der Waals surface area (Å²) in [5.74, 6) is -1.16. The van der Waals surface area contributed by atoms with E-state index in [1.54, 1.807) is 13.0 Å². The molecule has 0 aromatic rings. The van der Waals surface area contributed by atoms with Crippen molar-refractivity contribution in [3.63, 3.8) is 0 Å². The van der Waals surface area contributed by atoms with E-state index in [9.17, 15) is 9.59 Å². The molecule has 1 N–H and O–H groups in total. The van der Waals surface area contributed by atoms with E-state index in [1.165, 1.54) is 4.90 Å². The number of aliphatic carboxylic acids is 1. The second-order valence-electron chi connectivity index (χ2n) is 4.72. The molecule has 1 aliphatic rings. The molecular weight excluding hydrogens is 242 g/mol. The van der Waals surface area contributed by atoms with E-state index in [-0.39, 0.29) is 18.4 Å². The van der Waals surface area contributed by atoms with Crippen molar-refractivity contribution in [2.45, 2.75) is 20.8 Å². The molecule has 1 amide bonds. The molecule has 1 atom stereocenters. The average Bonchev–Trinajstić information content (AvgIpc) is 2.48. The Bertz CT molecular complexity index is 498. The van der Waals surface area contributed by atoms with E-state index in [2.05, 4.69) is 6.58 Å². The van der Waals surface area contributed by atoms with Crippen molar-refractivity contribution in [3.8, 4) is 0 Å². The normalized spacial score (nSPS) is 18.2. The first-order chi connectivity index (χ1) is 8.82. The molecule has 102 valence electrons. The summed E-state index contributed by atoms with van der Waals surface area (Å²) in [5, 5.41) is 8.94. The maximum absolute atomic E-state index is 12.0. The van der Waals surface area contributed by atoms with Crippen LogP contribution in [0, 0.1) is 5.92 Å². The predicted molar refractivity (Wildman–Crippen MR) is 74.3 cm³/mol. The minimum Gasteiger partial charge on any atom is -0.480 e. The monoisotopic (exact) mass is 261 g/mol. The van der Waals surface area contributed by atoms with Gasteiger partial charge < -0.3 is 5.11 Å². The van der Waals surface area contributed by atoms with Crippen molar-refractivity contribution in [2.24, 2.45) is 5.92 Å². The van der Waals surface area contributed by atoms with Gasteiger partial charge in [-0.3, -0.25) is 14.5 Å². The van der Waals surface area contributed by atoms with E-state index in [1.807, 2.05) is 32.1 Å². The maximum atomic E-state index is 12.0. The Morgan fingerprint density at radius 2 is 2.11 bits per heavy atom. The number of allylic oxidation sites excluding steroid dienone is 5. The van der Waals surface area contributed by atoms with Gasteiger partial charge in [0.1, 0.15) is 6.54 Å². The minimum atomic E-state index is -1.05. The van der Waals surface area contributed by atoms with Gasteiger partial charge in [-0.15, -0.1) is 0 Å². The zero-order valence-corrected chi connectivity index (χ0v) is 11.5. The van der Waals surface area contributed by atoms with Gasteiger partial charge in [0.15, 0.2) is 0 Å². The molecule has 0 spiro atoms. The van der Waals surface area contributed by atoms with Gasteiger partial charge in [0.05, 0.1) is 0 Å². The third kappa shape index (κ3) is 3.95. The largest absolute Gasteiger partial charge is 0.480 e. The molecule has 0 heterocycles. The SMILES string of the molecule is C=C(C)C(=O)N(CC(=O)O)C1=CC=CC(C)C(C)=C1. The fraction of sp³-hybridized carbons (Fsp3) is 0.333. The van der Waals surface area contributed by atoms with Crippen molar-refractivity contribution < 1.29 is 14.7 Å². The lowest BCUT2D eigenvalue weighted by Gasteiger charge is -2.22. The second-order valence-corrected chi connectivity index (χ2v) is 4.72. The van der Waals surface area contributed by atoms with Crippen molar-refractivity contribution in [2.75, 3.05) is 6.54 Å². The molecular formula is C15H19NO3. The van der Waals surface area contributed by atoms with Crippen LogP contribution < -0.4 is 0 Å². The van der Waals surface area contributed by atoms with Crippen LogP contribution in [-0.4, -0.2) is 28.4 Å². The predicted octanol–water partition coefficient (Wildman–Crippen LogP) is 2.51. The third-order valence-corrected chi connectivity index (χ3v) is 2.98. The highest BCUT2D eigenvalue weighted by Gasteiger charge is 2.21. The number of carbonyl (C=O) groups excluding carboxylic acids is 1. The summed E-state index contributed by atoms with van der Waals surface area (Å²) in [4.78, 5) is 24.2. The fourth-order valence-electron chi connectivity index (χ4n) is 1.70. The number of hydrogen-bond donors (Lipinski definition) is 1. The number of rotatable bonds is 4. The number of nitrogens with zero attached hydrogens (tertiary/aromatic N) is 1. The highest BCUT2D eigenvalue weighted by Crippen LogP contribution is 2.21. The van der Waals surface area contributed by atoms with Gasteiger partial charge in [0.25, 0.3) is 5.91 Å². The zero-order valence-electron chi connectivity index (χ0n) is 11.5. The number of amides is 1. The molecule has 0 bridgehead atoms. The summed E-state index contributed by atoms with van der Waals surface area (Å²) >= 11 is 0. The van der Waals surface area contributed by atoms with E-state index in [0.29, 0.717) is 11.3 Å². The first kappa shape index (κ1) is 15.0. The molecule has 4 nitrogen and oxygen atoms in total. The van der Waals surface area contributed by atoms with Gasteiger partial charge in [-0.1, -0.05) is 31.2 Å². The van der Waals surface area contributed by atoms with Crippen LogP contribution in [0.2, 0.25) is 0 Å². The molecule has 0 aliphatic heterocycles. The third-order valence-electron chi connectivity index (χ3n) is 2.98. The van der Waals surface area contributed by atoms with Gasteiger partial charge in [-0.25, -0.2) is 0 Å². The molecule has 0 aromatic carbocycles. The highest BCUT2D eigenvalue weighted by molar-refractivity contribution is 5.95. The van der Waals surface area contributed by atoms with Crippen molar-refractivity contribution >= 4 is 11.9 Å². The standard InChI is InChI=1S/C15H19NO3/c1-10(2)15(19)16(9-14(17)18)13-7-5-6-11(3)12(4)8-13/h5-8,11H,1,9H2,2-4H3,(H,17,18). The second kappa shape index (κ2) is 6.18. The molecule has 0 saturated carbocycles. The van der Waals surface area contributed by atoms with E-state index in [4.69, 9.17) is 5.11 Å². The van der Waals surface area contributed by atoms with E-state index in [0.717, 1.165) is 5.57 Å². The topological polar surface area (TPSA) is 57.6 Å². The molecule has 0 fully saturated rings. The van der Waals surface area contributed by atoms with Crippen LogP contribution in [0.15, 0.2) is 47.7 Å². The molecule has 1 unspecified atom stereocenters. The highest BCUT2D eigenvalue weighted by atomic mass is 16.4. The Hall–Kier alpha value is -2.10. The molecule has 4 heteroatoms. The summed E-state index contributed by atoms with van der Waals surface area (Å²) < 4.78 is 0. The van der Waals surface area contributed by atoms with Gasteiger partial charge in [0.2, 0.25) is 0 Å². The van der Waals surface area contributed by atoms with E-state index >= 15 is 0 Å². The van der Waals surface area contributed by atoms with Gasteiger partial charge >= 0.3 is 5.97 Å². The first-order valence-corrected chi connectivity index (χ1v) is 6.08. The van der Waals surface area contributed by atoms with Crippen LogP contribution in [0.3, 0.4) is 0 Å². The Kier molecular flexibility index (Phi) is 4.87. The van der Waals surface area contributed by atoms with Crippen LogP contribution in [0.1, 0.15) is 20.8 Å². The number of carboxylic acids is 1. The quantitative estimate of drug-likeness (QED) is 0.791. The Morgan fingerprint density at radius 1 is 1.47 bits per heavy atom. The first-order valence-electron chi connectivity index (χ1n) is 6.08. The molecule has 0 aromatic heterocycles. The summed E-state index contributed by atoms with van der Waals surface area (Å²) in [5.41, 5.74) is 1.97. The lowest BCUT2D eigenvalue weighted by molar-refractivity contribution is -0.141. The van der Waals surface area contributed by atoms with Gasteiger partial charge in [-0.05, 0) is 31.9 Å². The number of hydrogen-bond acceptors (Lipinski definition) is 2. The van der Waals surface area contributed by atoms with Crippen LogP contribution in [0.5, 0.6) is 0 Å². The minimum absolute atomic E-state index is 0.264. The summed E-state index contributed by atoms with van der Waals surface area (Å²) in [6.07, 6.45) is 7.43. The Morgan fingerprint density at radius 3 is 2.63 bits per heavy atom. The number of carboxylic acid groups (broad SMARTS) is 1. The molecule has 0 radical (unpaired) electrons. The van der Waals surface area contributed by atoms with Crippen LogP contribution in [-0.2, 0) is 9.59 Å². The van der Waals surface area contributed by atoms with Crippen LogP contribution in [0.4, 0.5) is 0 Å². The van der Waals surface area contributed by atoms with Crippen LogP contribution >= 0.6 is 0 Å². The zero-order chi connectivity index (χ0) is 14.6. The lowest BCUT2D eigenvalue weighted by atomic mass is 10.0. The van der Waals surface area contributed by atoms with Crippen molar-refractivity contribution in [1.82, 2.24) is 4.90 Å². The molecule has 1 aliphatic carbocycles. The average molecular weight is 261 g/mol. The molecule has 19 heavy (non-hydrogen) atoms. The Labute approximate surface area is 113 Å². The summed E-state index contributed by atoms with van der Waals surface area (Å²) in [7, 11) is 0. The molecule has 1 rings (SSSR count). The maximum Gasteiger partial charge on any atom is 0.323 e. The van der Waals surface area contributed by atoms with Crippen molar-refractivity contribution in [1.29, 1.82) is 0 Å². The van der Waals surface area contributed by atoms with E-state index < -0.39 is 5.97 Å². The van der Waals surface area contributed by atoms with Crippen LogP contribution in [0.25, 0.3) is 0 Å². The van der Waals surface area contributed by atoms with Crippen molar-refractivity contribution in [3.05, 3.63) is 47.7 Å². The number of carbonyl (C=O) groups is 2.